The SMILES string of the molecule is CC1CN(C(C(=O)NCCC(O)C(C)C)C(C)C)CC(C)O1. The zero-order valence-electron chi connectivity index (χ0n) is 15.0. The molecule has 1 saturated heterocycles. The van der Waals surface area contributed by atoms with Gasteiger partial charge in [0.25, 0.3) is 0 Å². The van der Waals surface area contributed by atoms with Gasteiger partial charge in [0.15, 0.2) is 0 Å². The van der Waals surface area contributed by atoms with Crippen LogP contribution in [0.1, 0.15) is 48.0 Å². The topological polar surface area (TPSA) is 61.8 Å². The predicted molar refractivity (Wildman–Crippen MR) is 88.7 cm³/mol. The summed E-state index contributed by atoms with van der Waals surface area (Å²) in [7, 11) is 0. The third-order valence-corrected chi connectivity index (χ3v) is 4.25. The molecule has 4 unspecified atom stereocenters. The first-order valence-corrected chi connectivity index (χ1v) is 8.57. The highest BCUT2D eigenvalue weighted by Gasteiger charge is 2.33. The number of carbonyl (C=O) groups excluding carboxylic acids is 1. The van der Waals surface area contributed by atoms with Crippen molar-refractivity contribution in [3.63, 3.8) is 0 Å². The lowest BCUT2D eigenvalue weighted by molar-refractivity contribution is -0.135. The van der Waals surface area contributed by atoms with Crippen molar-refractivity contribution < 1.29 is 14.6 Å². The minimum Gasteiger partial charge on any atom is -0.393 e. The van der Waals surface area contributed by atoms with E-state index < -0.39 is 0 Å². The van der Waals surface area contributed by atoms with Gasteiger partial charge in [-0.05, 0) is 32.1 Å². The molecule has 1 rings (SSSR count). The summed E-state index contributed by atoms with van der Waals surface area (Å²) in [5.41, 5.74) is 0. The Bertz CT molecular complexity index is 337. The maximum absolute atomic E-state index is 12.6. The molecule has 2 N–H and O–H groups in total. The maximum Gasteiger partial charge on any atom is 0.237 e. The van der Waals surface area contributed by atoms with Crippen LogP contribution in [0, 0.1) is 11.8 Å². The van der Waals surface area contributed by atoms with Gasteiger partial charge in [-0.1, -0.05) is 27.7 Å². The molecule has 5 nitrogen and oxygen atoms in total. The highest BCUT2D eigenvalue weighted by atomic mass is 16.5. The van der Waals surface area contributed by atoms with Crippen molar-refractivity contribution in [3.8, 4) is 0 Å². The number of hydrogen-bond donors (Lipinski definition) is 2. The number of rotatable bonds is 7. The van der Waals surface area contributed by atoms with Crippen molar-refractivity contribution in [2.75, 3.05) is 19.6 Å². The van der Waals surface area contributed by atoms with E-state index in [0.29, 0.717) is 13.0 Å². The zero-order valence-corrected chi connectivity index (χ0v) is 15.0. The first-order valence-electron chi connectivity index (χ1n) is 8.57. The van der Waals surface area contributed by atoms with Crippen molar-refractivity contribution in [1.82, 2.24) is 10.2 Å². The van der Waals surface area contributed by atoms with Crippen molar-refractivity contribution in [2.24, 2.45) is 11.8 Å². The van der Waals surface area contributed by atoms with Gasteiger partial charge in [-0.15, -0.1) is 0 Å². The Labute approximate surface area is 135 Å². The Kier molecular flexibility index (Phi) is 7.80. The molecule has 0 bridgehead atoms. The zero-order chi connectivity index (χ0) is 16.9. The molecular formula is C17H34N2O3. The van der Waals surface area contributed by atoms with Gasteiger partial charge in [-0.3, -0.25) is 9.69 Å². The molecule has 1 amide bonds. The van der Waals surface area contributed by atoms with Gasteiger partial charge in [0.1, 0.15) is 0 Å². The molecule has 4 atom stereocenters. The molecule has 5 heteroatoms. The Morgan fingerprint density at radius 3 is 2.18 bits per heavy atom. The monoisotopic (exact) mass is 314 g/mol. The number of amides is 1. The van der Waals surface area contributed by atoms with Crippen LogP contribution in [0.5, 0.6) is 0 Å². The predicted octanol–water partition coefficient (Wildman–Crippen LogP) is 1.64. The van der Waals surface area contributed by atoms with Crippen LogP contribution >= 0.6 is 0 Å². The van der Waals surface area contributed by atoms with Gasteiger partial charge in [-0.25, -0.2) is 0 Å². The van der Waals surface area contributed by atoms with E-state index in [1.807, 2.05) is 13.8 Å². The van der Waals surface area contributed by atoms with E-state index in [-0.39, 0.29) is 42.1 Å². The molecule has 0 spiro atoms. The molecule has 1 aliphatic heterocycles. The minimum absolute atomic E-state index is 0.0623. The summed E-state index contributed by atoms with van der Waals surface area (Å²) in [6.07, 6.45) is 0.548. The number of nitrogens with zero attached hydrogens (tertiary/aromatic N) is 1. The smallest absolute Gasteiger partial charge is 0.237 e. The lowest BCUT2D eigenvalue weighted by Crippen LogP contribution is -2.57. The Hall–Kier alpha value is -0.650. The average molecular weight is 314 g/mol. The average Bonchev–Trinajstić information content (AvgIpc) is 2.36. The second-order valence-corrected chi connectivity index (χ2v) is 7.29. The number of nitrogens with one attached hydrogen (secondary N) is 1. The number of morpholine rings is 1. The molecule has 0 radical (unpaired) electrons. The fourth-order valence-electron chi connectivity index (χ4n) is 3.12. The van der Waals surface area contributed by atoms with E-state index in [9.17, 15) is 9.90 Å². The molecule has 1 heterocycles. The molecule has 22 heavy (non-hydrogen) atoms. The standard InChI is InChI=1S/C17H34N2O3/c1-11(2)15(20)7-8-18-17(21)16(12(3)4)19-9-13(5)22-14(6)10-19/h11-16,20H,7-10H2,1-6H3,(H,18,21). The molecule has 0 aromatic rings. The van der Waals surface area contributed by atoms with Crippen LogP contribution in [0.15, 0.2) is 0 Å². The van der Waals surface area contributed by atoms with Gasteiger partial charge in [0.05, 0.1) is 24.4 Å². The Morgan fingerprint density at radius 2 is 1.73 bits per heavy atom. The van der Waals surface area contributed by atoms with E-state index in [4.69, 9.17) is 4.74 Å². The van der Waals surface area contributed by atoms with Crippen LogP contribution in [0.3, 0.4) is 0 Å². The first kappa shape index (κ1) is 19.4. The number of carbonyl (C=O) groups is 1. The Balaban J connectivity index is 2.57. The number of aliphatic hydroxyl groups is 1. The van der Waals surface area contributed by atoms with Crippen molar-refractivity contribution >= 4 is 5.91 Å². The fourth-order valence-corrected chi connectivity index (χ4v) is 3.12. The lowest BCUT2D eigenvalue weighted by atomic mass is 9.99. The van der Waals surface area contributed by atoms with E-state index in [2.05, 4.69) is 37.9 Å². The molecule has 0 aliphatic carbocycles. The minimum atomic E-state index is -0.360. The molecule has 0 aromatic carbocycles. The van der Waals surface area contributed by atoms with E-state index >= 15 is 0 Å². The quantitative estimate of drug-likeness (QED) is 0.750. The lowest BCUT2D eigenvalue weighted by Gasteiger charge is -2.41. The number of hydrogen-bond acceptors (Lipinski definition) is 4. The fraction of sp³-hybridized carbons (Fsp3) is 0.941. The summed E-state index contributed by atoms with van der Waals surface area (Å²) in [5.74, 6) is 0.526. The number of ether oxygens (including phenoxy) is 1. The molecule has 1 aliphatic rings. The first-order chi connectivity index (χ1) is 10.2. The van der Waals surface area contributed by atoms with Crippen molar-refractivity contribution in [3.05, 3.63) is 0 Å². The van der Waals surface area contributed by atoms with Gasteiger partial charge in [0.2, 0.25) is 5.91 Å². The maximum atomic E-state index is 12.6. The van der Waals surface area contributed by atoms with Crippen LogP contribution in [0.2, 0.25) is 0 Å². The summed E-state index contributed by atoms with van der Waals surface area (Å²) in [5, 5.41) is 12.8. The van der Waals surface area contributed by atoms with Crippen LogP contribution in [0.4, 0.5) is 0 Å². The molecule has 0 saturated carbocycles. The van der Waals surface area contributed by atoms with Gasteiger partial charge in [0, 0.05) is 19.6 Å². The summed E-state index contributed by atoms with van der Waals surface area (Å²) >= 11 is 0. The molecular weight excluding hydrogens is 280 g/mol. The summed E-state index contributed by atoms with van der Waals surface area (Å²) < 4.78 is 5.76. The Morgan fingerprint density at radius 1 is 1.18 bits per heavy atom. The summed E-state index contributed by atoms with van der Waals surface area (Å²) in [6, 6.07) is -0.134. The van der Waals surface area contributed by atoms with Crippen LogP contribution in [-0.2, 0) is 9.53 Å². The summed E-state index contributed by atoms with van der Waals surface area (Å²) in [6.45, 7) is 14.3. The number of aliphatic hydroxyl groups excluding tert-OH is 1. The molecule has 130 valence electrons. The van der Waals surface area contributed by atoms with E-state index in [1.165, 1.54) is 0 Å². The van der Waals surface area contributed by atoms with Gasteiger partial charge < -0.3 is 15.2 Å². The second kappa shape index (κ2) is 8.85. The van der Waals surface area contributed by atoms with Crippen molar-refractivity contribution in [2.45, 2.75) is 72.3 Å². The second-order valence-electron chi connectivity index (χ2n) is 7.29. The normalized spacial score (nSPS) is 26.2. The van der Waals surface area contributed by atoms with Crippen LogP contribution < -0.4 is 5.32 Å². The molecule has 0 aromatic heterocycles. The highest BCUT2D eigenvalue weighted by Crippen LogP contribution is 2.18. The van der Waals surface area contributed by atoms with Crippen molar-refractivity contribution in [1.29, 1.82) is 0 Å². The van der Waals surface area contributed by atoms with E-state index in [1.54, 1.807) is 0 Å². The van der Waals surface area contributed by atoms with Gasteiger partial charge in [-0.2, -0.15) is 0 Å². The van der Waals surface area contributed by atoms with Crippen LogP contribution in [-0.4, -0.2) is 59.9 Å². The molecule has 1 fully saturated rings. The highest BCUT2D eigenvalue weighted by molar-refractivity contribution is 5.82. The van der Waals surface area contributed by atoms with Crippen LogP contribution in [0.25, 0.3) is 0 Å². The van der Waals surface area contributed by atoms with Gasteiger partial charge >= 0.3 is 0 Å². The largest absolute Gasteiger partial charge is 0.393 e. The third kappa shape index (κ3) is 5.86. The summed E-state index contributed by atoms with van der Waals surface area (Å²) in [4.78, 5) is 14.8. The van der Waals surface area contributed by atoms with E-state index in [0.717, 1.165) is 13.1 Å². The third-order valence-electron chi connectivity index (χ3n) is 4.25.